The predicted octanol–water partition coefficient (Wildman–Crippen LogP) is 4.07. The molecule has 1 atom stereocenters. The molecule has 0 aliphatic heterocycles. The average molecular weight is 421 g/mol. The van der Waals surface area contributed by atoms with E-state index in [0.29, 0.717) is 27.4 Å². The third kappa shape index (κ3) is 3.99. The lowest BCUT2D eigenvalue weighted by Crippen LogP contribution is -2.24. The largest absolute Gasteiger partial charge is 0.467 e. The smallest absolute Gasteiger partial charge is 0.337 e. The Kier molecular flexibility index (Phi) is 5.67. The maximum absolute atomic E-state index is 13.3. The molecule has 7 nitrogen and oxygen atoms in total. The van der Waals surface area contributed by atoms with Crippen molar-refractivity contribution >= 4 is 28.6 Å². The van der Waals surface area contributed by atoms with E-state index in [1.54, 1.807) is 47.5 Å². The number of hydrogen-bond donors (Lipinski definition) is 0. The van der Waals surface area contributed by atoms with Crippen LogP contribution < -0.4 is 5.56 Å². The second-order valence-corrected chi connectivity index (χ2v) is 7.94. The van der Waals surface area contributed by atoms with Crippen LogP contribution in [0.25, 0.3) is 10.9 Å². The number of esters is 1. The van der Waals surface area contributed by atoms with Crippen LogP contribution in [0.1, 0.15) is 33.9 Å². The van der Waals surface area contributed by atoms with Gasteiger partial charge in [0.25, 0.3) is 5.56 Å². The molecule has 4 rings (SSSR count). The summed E-state index contributed by atoms with van der Waals surface area (Å²) in [6.07, 6.45) is 5.09. The highest BCUT2D eigenvalue weighted by molar-refractivity contribution is 7.99. The van der Waals surface area contributed by atoms with Gasteiger partial charge in [0.15, 0.2) is 5.16 Å². The normalized spacial score (nSPS) is 12.1. The summed E-state index contributed by atoms with van der Waals surface area (Å²) in [6, 6.07) is 12.2. The SMILES string of the molecule is COC(=O)c1ccc2c(=O)n(Cc3ccco3)c(SC(C)c3cccnc3)nc2c1. The standard InChI is InChI=1S/C22H19N3O4S/c1-14(16-5-3-9-23-12-16)30-22-24-19-11-15(21(27)28-2)7-8-18(19)20(26)25(22)13-17-6-4-10-29-17/h3-12,14H,13H2,1-2H3. The summed E-state index contributed by atoms with van der Waals surface area (Å²) in [6.45, 7) is 2.29. The number of furan rings is 1. The molecular formula is C22H19N3O4S. The number of hydrogen-bond acceptors (Lipinski definition) is 7. The maximum Gasteiger partial charge on any atom is 0.337 e. The number of carbonyl (C=O) groups is 1. The molecule has 0 amide bonds. The van der Waals surface area contributed by atoms with Crippen LogP contribution in [-0.4, -0.2) is 27.6 Å². The number of rotatable bonds is 6. The van der Waals surface area contributed by atoms with Gasteiger partial charge < -0.3 is 9.15 Å². The summed E-state index contributed by atoms with van der Waals surface area (Å²) in [5, 5.41) is 0.963. The van der Waals surface area contributed by atoms with Gasteiger partial charge >= 0.3 is 5.97 Å². The fourth-order valence-electron chi connectivity index (χ4n) is 3.08. The van der Waals surface area contributed by atoms with E-state index >= 15 is 0 Å². The predicted molar refractivity (Wildman–Crippen MR) is 114 cm³/mol. The number of fused-ring (bicyclic) bond motifs is 1. The van der Waals surface area contributed by atoms with Gasteiger partial charge in [0.2, 0.25) is 0 Å². The second kappa shape index (κ2) is 8.54. The summed E-state index contributed by atoms with van der Waals surface area (Å²) in [7, 11) is 1.32. The van der Waals surface area contributed by atoms with Gasteiger partial charge in [-0.15, -0.1) is 0 Å². The van der Waals surface area contributed by atoms with Crippen LogP contribution in [0.2, 0.25) is 0 Å². The van der Waals surface area contributed by atoms with Crippen LogP contribution in [-0.2, 0) is 11.3 Å². The molecule has 0 N–H and O–H groups in total. The third-order valence-corrected chi connectivity index (χ3v) is 5.82. The molecule has 0 aliphatic rings. The molecule has 0 aliphatic carbocycles. The van der Waals surface area contributed by atoms with Crippen LogP contribution >= 0.6 is 11.8 Å². The first-order valence-corrected chi connectivity index (χ1v) is 10.2. The molecule has 3 aromatic heterocycles. The molecular weight excluding hydrogens is 402 g/mol. The number of nitrogens with zero attached hydrogens (tertiary/aromatic N) is 3. The van der Waals surface area contributed by atoms with Crippen LogP contribution in [0.4, 0.5) is 0 Å². The average Bonchev–Trinajstić information content (AvgIpc) is 3.29. The minimum Gasteiger partial charge on any atom is -0.467 e. The number of aromatic nitrogens is 3. The number of benzene rings is 1. The molecule has 0 saturated heterocycles. The Morgan fingerprint density at radius 3 is 2.83 bits per heavy atom. The Hall–Kier alpha value is -3.39. The van der Waals surface area contributed by atoms with Gasteiger partial charge in [0.05, 0.1) is 36.4 Å². The molecule has 3 heterocycles. The van der Waals surface area contributed by atoms with Crippen molar-refractivity contribution in [3.05, 3.63) is 88.4 Å². The Morgan fingerprint density at radius 2 is 2.13 bits per heavy atom. The van der Waals surface area contributed by atoms with Crippen molar-refractivity contribution in [3.8, 4) is 0 Å². The van der Waals surface area contributed by atoms with Crippen LogP contribution in [0.3, 0.4) is 0 Å². The molecule has 0 radical (unpaired) electrons. The number of thioether (sulfide) groups is 1. The van der Waals surface area contributed by atoms with Crippen LogP contribution in [0.5, 0.6) is 0 Å². The van der Waals surface area contributed by atoms with E-state index in [-0.39, 0.29) is 17.4 Å². The Bertz CT molecular complexity index is 1240. The minimum atomic E-state index is -0.476. The lowest BCUT2D eigenvalue weighted by molar-refractivity contribution is 0.0601. The lowest BCUT2D eigenvalue weighted by Gasteiger charge is -2.16. The van der Waals surface area contributed by atoms with Gasteiger partial charge in [0, 0.05) is 17.6 Å². The van der Waals surface area contributed by atoms with E-state index < -0.39 is 5.97 Å². The van der Waals surface area contributed by atoms with Crippen molar-refractivity contribution in [2.45, 2.75) is 23.9 Å². The topological polar surface area (TPSA) is 87.2 Å². The van der Waals surface area contributed by atoms with E-state index in [0.717, 1.165) is 5.56 Å². The highest BCUT2D eigenvalue weighted by Gasteiger charge is 2.18. The first-order chi connectivity index (χ1) is 14.6. The zero-order valence-corrected chi connectivity index (χ0v) is 17.3. The van der Waals surface area contributed by atoms with Crippen molar-refractivity contribution < 1.29 is 13.9 Å². The second-order valence-electron chi connectivity index (χ2n) is 6.63. The van der Waals surface area contributed by atoms with Crippen LogP contribution in [0.15, 0.2) is 75.5 Å². The van der Waals surface area contributed by atoms with Crippen molar-refractivity contribution in [1.29, 1.82) is 0 Å². The molecule has 1 aromatic carbocycles. The number of methoxy groups -OCH3 is 1. The zero-order valence-electron chi connectivity index (χ0n) is 16.4. The Morgan fingerprint density at radius 1 is 1.27 bits per heavy atom. The highest BCUT2D eigenvalue weighted by atomic mass is 32.2. The Balaban J connectivity index is 1.83. The van der Waals surface area contributed by atoms with Crippen molar-refractivity contribution in [3.63, 3.8) is 0 Å². The summed E-state index contributed by atoms with van der Waals surface area (Å²) in [4.78, 5) is 34.1. The van der Waals surface area contributed by atoms with E-state index in [4.69, 9.17) is 14.1 Å². The van der Waals surface area contributed by atoms with E-state index in [2.05, 4.69) is 4.98 Å². The fraction of sp³-hybridized carbons (Fsp3) is 0.182. The van der Waals surface area contributed by atoms with Gasteiger partial charge in [-0.1, -0.05) is 17.8 Å². The summed E-state index contributed by atoms with van der Waals surface area (Å²) in [5.41, 5.74) is 1.61. The lowest BCUT2D eigenvalue weighted by atomic mass is 10.1. The molecule has 8 heteroatoms. The van der Waals surface area contributed by atoms with Crippen molar-refractivity contribution in [2.24, 2.45) is 0 Å². The van der Waals surface area contributed by atoms with Gasteiger partial charge in [-0.05, 0) is 48.9 Å². The minimum absolute atomic E-state index is 0.00897. The monoisotopic (exact) mass is 421 g/mol. The fourth-order valence-corrected chi connectivity index (χ4v) is 4.09. The molecule has 4 aromatic rings. The molecule has 0 saturated carbocycles. The van der Waals surface area contributed by atoms with E-state index in [1.807, 2.05) is 25.1 Å². The van der Waals surface area contributed by atoms with Gasteiger partial charge in [-0.2, -0.15) is 0 Å². The van der Waals surface area contributed by atoms with E-state index in [1.165, 1.54) is 18.9 Å². The number of carbonyl (C=O) groups excluding carboxylic acids is 1. The molecule has 152 valence electrons. The van der Waals surface area contributed by atoms with Gasteiger partial charge in [-0.3, -0.25) is 14.3 Å². The summed E-state index contributed by atoms with van der Waals surface area (Å²) in [5.74, 6) is 0.178. The van der Waals surface area contributed by atoms with Crippen molar-refractivity contribution in [1.82, 2.24) is 14.5 Å². The molecule has 0 fully saturated rings. The highest BCUT2D eigenvalue weighted by Crippen LogP contribution is 2.33. The quantitative estimate of drug-likeness (QED) is 0.263. The van der Waals surface area contributed by atoms with Gasteiger partial charge in [0.1, 0.15) is 5.76 Å². The molecule has 30 heavy (non-hydrogen) atoms. The summed E-state index contributed by atoms with van der Waals surface area (Å²) >= 11 is 1.45. The number of ether oxygens (including phenoxy) is 1. The molecule has 0 spiro atoms. The van der Waals surface area contributed by atoms with E-state index in [9.17, 15) is 9.59 Å². The third-order valence-electron chi connectivity index (χ3n) is 4.67. The molecule has 0 bridgehead atoms. The first kappa shape index (κ1) is 19.9. The van der Waals surface area contributed by atoms with Gasteiger partial charge in [-0.25, -0.2) is 9.78 Å². The Labute approximate surface area is 176 Å². The van der Waals surface area contributed by atoms with Crippen LogP contribution in [0, 0.1) is 0 Å². The summed E-state index contributed by atoms with van der Waals surface area (Å²) < 4.78 is 11.8. The number of pyridine rings is 1. The maximum atomic E-state index is 13.3. The molecule has 1 unspecified atom stereocenters. The van der Waals surface area contributed by atoms with Crippen molar-refractivity contribution in [2.75, 3.05) is 7.11 Å². The zero-order chi connectivity index (χ0) is 21.1. The first-order valence-electron chi connectivity index (χ1n) is 9.28.